The molecule has 2 rings (SSSR count). The van der Waals surface area contributed by atoms with Gasteiger partial charge in [-0.05, 0) is 51.1 Å². The molecule has 1 aromatic rings. The van der Waals surface area contributed by atoms with Crippen LogP contribution in [0.5, 0.6) is 0 Å². The zero-order chi connectivity index (χ0) is 15.0. The highest BCUT2D eigenvalue weighted by Crippen LogP contribution is 2.39. The van der Waals surface area contributed by atoms with Crippen LogP contribution in [0.25, 0.3) is 0 Å². The van der Waals surface area contributed by atoms with Crippen molar-refractivity contribution in [2.45, 2.75) is 56.7 Å². The smallest absolute Gasteiger partial charge is 0.402 e. The first-order valence-electron chi connectivity index (χ1n) is 7.11. The fourth-order valence-corrected chi connectivity index (χ4v) is 2.81. The van der Waals surface area contributed by atoms with Gasteiger partial charge >= 0.3 is 7.12 Å². The van der Waals surface area contributed by atoms with Crippen molar-refractivity contribution in [1.29, 1.82) is 0 Å². The van der Waals surface area contributed by atoms with E-state index in [0.717, 1.165) is 11.3 Å². The number of thioether (sulfide) groups is 1. The van der Waals surface area contributed by atoms with Crippen LogP contribution in [0.2, 0.25) is 0 Å². The standard InChI is InChI=1S/C15H24BNO2S/c1-6-20-12-9-7-11(8-10-12)13(17)16-18-14(2,3)15(4,5)19-16/h7-10,13H,6,17H2,1-5H3/t13-/m1/s1. The van der Waals surface area contributed by atoms with Crippen LogP contribution in [0.1, 0.15) is 46.1 Å². The summed E-state index contributed by atoms with van der Waals surface area (Å²) in [5.74, 6) is 0.805. The van der Waals surface area contributed by atoms with E-state index < -0.39 is 7.12 Å². The lowest BCUT2D eigenvalue weighted by Gasteiger charge is -2.32. The zero-order valence-corrected chi connectivity index (χ0v) is 13.8. The number of hydrogen-bond donors (Lipinski definition) is 1. The van der Waals surface area contributed by atoms with Crippen molar-refractivity contribution in [2.24, 2.45) is 5.73 Å². The maximum absolute atomic E-state index is 6.31. The summed E-state index contributed by atoms with van der Waals surface area (Å²) < 4.78 is 12.0. The van der Waals surface area contributed by atoms with Crippen LogP contribution in [0.4, 0.5) is 0 Å². The first-order chi connectivity index (χ1) is 9.27. The topological polar surface area (TPSA) is 44.5 Å². The van der Waals surface area contributed by atoms with Gasteiger partial charge in [-0.1, -0.05) is 19.1 Å². The minimum Gasteiger partial charge on any atom is -0.402 e. The molecular weight excluding hydrogens is 269 g/mol. The highest BCUT2D eigenvalue weighted by atomic mass is 32.2. The molecule has 0 aliphatic carbocycles. The van der Waals surface area contributed by atoms with Gasteiger partial charge in [0, 0.05) is 4.90 Å². The lowest BCUT2D eigenvalue weighted by atomic mass is 9.75. The normalized spacial score (nSPS) is 22.0. The molecule has 0 amide bonds. The SMILES string of the molecule is CCSc1ccc([C@@H](N)B2OC(C)(C)C(C)(C)O2)cc1. The molecular formula is C15H24BNO2S. The average molecular weight is 293 g/mol. The molecule has 0 unspecified atom stereocenters. The Kier molecular flexibility index (Phi) is 4.55. The van der Waals surface area contributed by atoms with Crippen molar-refractivity contribution in [1.82, 2.24) is 0 Å². The molecule has 1 atom stereocenters. The second-order valence-electron chi connectivity index (χ2n) is 6.15. The van der Waals surface area contributed by atoms with E-state index in [1.165, 1.54) is 4.90 Å². The van der Waals surface area contributed by atoms with Gasteiger partial charge in [0.05, 0.1) is 17.1 Å². The number of benzene rings is 1. The summed E-state index contributed by atoms with van der Waals surface area (Å²) in [7, 11) is -0.398. The summed E-state index contributed by atoms with van der Waals surface area (Å²) in [6.07, 6.45) is 0. The second kappa shape index (κ2) is 5.72. The largest absolute Gasteiger partial charge is 0.480 e. The molecule has 1 heterocycles. The molecule has 1 fully saturated rings. The third kappa shape index (κ3) is 3.06. The molecule has 0 bridgehead atoms. The number of hydrogen-bond acceptors (Lipinski definition) is 4. The monoisotopic (exact) mass is 293 g/mol. The summed E-state index contributed by atoms with van der Waals surface area (Å²) in [5.41, 5.74) is 6.68. The molecule has 0 saturated carbocycles. The van der Waals surface area contributed by atoms with Crippen LogP contribution in [0.15, 0.2) is 29.2 Å². The Labute approximate surface area is 126 Å². The van der Waals surface area contributed by atoms with Crippen LogP contribution in [0, 0.1) is 0 Å². The third-order valence-corrected chi connectivity index (χ3v) is 5.03. The molecule has 3 nitrogen and oxygen atoms in total. The quantitative estimate of drug-likeness (QED) is 0.682. The molecule has 0 aromatic heterocycles. The van der Waals surface area contributed by atoms with Gasteiger partial charge in [-0.3, -0.25) is 0 Å². The molecule has 2 N–H and O–H groups in total. The van der Waals surface area contributed by atoms with Crippen LogP contribution in [0.3, 0.4) is 0 Å². The van der Waals surface area contributed by atoms with E-state index in [2.05, 4.69) is 31.2 Å². The van der Waals surface area contributed by atoms with Gasteiger partial charge in [-0.25, -0.2) is 0 Å². The molecule has 1 aliphatic heterocycles. The molecule has 110 valence electrons. The van der Waals surface area contributed by atoms with E-state index in [4.69, 9.17) is 15.0 Å². The molecule has 1 aromatic carbocycles. The summed E-state index contributed by atoms with van der Waals surface area (Å²) in [5, 5.41) is 0. The predicted octanol–water partition coefficient (Wildman–Crippen LogP) is 3.43. The van der Waals surface area contributed by atoms with E-state index in [-0.39, 0.29) is 17.1 Å². The van der Waals surface area contributed by atoms with Crippen molar-refractivity contribution in [3.05, 3.63) is 29.8 Å². The van der Waals surface area contributed by atoms with Crippen LogP contribution in [-0.4, -0.2) is 24.1 Å². The second-order valence-corrected chi connectivity index (χ2v) is 7.49. The minimum absolute atomic E-state index is 0.267. The van der Waals surface area contributed by atoms with Crippen LogP contribution < -0.4 is 5.73 Å². The summed E-state index contributed by atoms with van der Waals surface area (Å²) in [4.78, 5) is 1.26. The summed E-state index contributed by atoms with van der Waals surface area (Å²) >= 11 is 1.82. The van der Waals surface area contributed by atoms with Crippen molar-refractivity contribution in [2.75, 3.05) is 5.75 Å². The number of nitrogens with two attached hydrogens (primary N) is 1. The Bertz CT molecular complexity index is 445. The minimum atomic E-state index is -0.398. The van der Waals surface area contributed by atoms with Crippen LogP contribution >= 0.6 is 11.8 Å². The lowest BCUT2D eigenvalue weighted by molar-refractivity contribution is 0.00578. The van der Waals surface area contributed by atoms with E-state index in [9.17, 15) is 0 Å². The Morgan fingerprint density at radius 2 is 1.60 bits per heavy atom. The molecule has 1 saturated heterocycles. The summed E-state index contributed by atoms with van der Waals surface area (Å²) in [6.45, 7) is 10.3. The first-order valence-corrected chi connectivity index (χ1v) is 8.09. The average Bonchev–Trinajstić information content (AvgIpc) is 2.59. The Hall–Kier alpha value is -0.485. The van der Waals surface area contributed by atoms with Crippen molar-refractivity contribution >= 4 is 18.9 Å². The Morgan fingerprint density at radius 3 is 2.05 bits per heavy atom. The molecule has 0 spiro atoms. The van der Waals surface area contributed by atoms with Gasteiger partial charge in [0.2, 0.25) is 0 Å². The van der Waals surface area contributed by atoms with E-state index in [1.54, 1.807) is 0 Å². The van der Waals surface area contributed by atoms with Gasteiger partial charge in [0.25, 0.3) is 0 Å². The fraction of sp³-hybridized carbons (Fsp3) is 0.600. The van der Waals surface area contributed by atoms with Gasteiger partial charge < -0.3 is 15.0 Å². The summed E-state index contributed by atoms with van der Waals surface area (Å²) in [6, 6.07) is 8.34. The highest BCUT2D eigenvalue weighted by Gasteiger charge is 2.53. The maximum Gasteiger partial charge on any atom is 0.480 e. The van der Waals surface area contributed by atoms with Crippen molar-refractivity contribution in [3.63, 3.8) is 0 Å². The lowest BCUT2D eigenvalue weighted by Crippen LogP contribution is -2.41. The predicted molar refractivity (Wildman–Crippen MR) is 85.9 cm³/mol. The highest BCUT2D eigenvalue weighted by molar-refractivity contribution is 7.99. The van der Waals surface area contributed by atoms with Crippen LogP contribution in [-0.2, 0) is 9.31 Å². The fourth-order valence-electron chi connectivity index (χ4n) is 2.15. The Morgan fingerprint density at radius 1 is 1.10 bits per heavy atom. The molecule has 5 heteroatoms. The molecule has 0 radical (unpaired) electrons. The molecule has 1 aliphatic rings. The van der Waals surface area contributed by atoms with Gasteiger partial charge in [-0.2, -0.15) is 0 Å². The Balaban J connectivity index is 2.10. The van der Waals surface area contributed by atoms with Gasteiger partial charge in [0.15, 0.2) is 0 Å². The van der Waals surface area contributed by atoms with Crippen molar-refractivity contribution in [3.8, 4) is 0 Å². The van der Waals surface area contributed by atoms with E-state index >= 15 is 0 Å². The first kappa shape index (κ1) is 15.9. The molecule has 20 heavy (non-hydrogen) atoms. The van der Waals surface area contributed by atoms with Gasteiger partial charge in [0.1, 0.15) is 0 Å². The maximum atomic E-state index is 6.31. The van der Waals surface area contributed by atoms with Gasteiger partial charge in [-0.15, -0.1) is 11.8 Å². The van der Waals surface area contributed by atoms with E-state index in [0.29, 0.717) is 0 Å². The van der Waals surface area contributed by atoms with E-state index in [1.807, 2.05) is 39.5 Å². The zero-order valence-electron chi connectivity index (χ0n) is 13.0. The number of rotatable bonds is 4. The van der Waals surface area contributed by atoms with Crippen molar-refractivity contribution < 1.29 is 9.31 Å². The third-order valence-electron chi connectivity index (χ3n) is 4.14.